The third kappa shape index (κ3) is 5.44. The van der Waals surface area contributed by atoms with Crippen LogP contribution in [0.25, 0.3) is 0 Å². The van der Waals surface area contributed by atoms with Crippen LogP contribution in [0, 0.1) is 0 Å². The van der Waals surface area contributed by atoms with Crippen molar-refractivity contribution < 1.29 is 17.9 Å². The molecule has 0 saturated heterocycles. The van der Waals surface area contributed by atoms with Gasteiger partial charge >= 0.3 is 0 Å². The number of amides is 1. The van der Waals surface area contributed by atoms with Crippen molar-refractivity contribution in [3.05, 3.63) is 84.4 Å². The van der Waals surface area contributed by atoms with Gasteiger partial charge in [0.05, 0.1) is 22.9 Å². The topological polar surface area (TPSA) is 75.7 Å². The number of sulfonamides is 1. The van der Waals surface area contributed by atoms with Gasteiger partial charge in [-0.2, -0.15) is 0 Å². The van der Waals surface area contributed by atoms with Crippen LogP contribution in [0.2, 0.25) is 0 Å². The number of aryl methyl sites for hydroxylation is 1. The van der Waals surface area contributed by atoms with Crippen LogP contribution in [0.4, 0.5) is 11.4 Å². The minimum atomic E-state index is -3.94. The molecule has 0 aliphatic heterocycles. The maximum atomic E-state index is 13.4. The molecule has 0 aromatic heterocycles. The van der Waals surface area contributed by atoms with Crippen molar-refractivity contribution in [2.45, 2.75) is 25.2 Å². The van der Waals surface area contributed by atoms with Crippen molar-refractivity contribution in [1.82, 2.24) is 0 Å². The highest BCUT2D eigenvalue weighted by molar-refractivity contribution is 7.92. The van der Waals surface area contributed by atoms with Crippen LogP contribution in [-0.4, -0.2) is 27.5 Å². The van der Waals surface area contributed by atoms with Crippen LogP contribution in [0.15, 0.2) is 83.8 Å². The quantitative estimate of drug-likeness (QED) is 0.534. The average Bonchev–Trinajstić information content (AvgIpc) is 2.79. The van der Waals surface area contributed by atoms with Crippen molar-refractivity contribution in [2.24, 2.45) is 0 Å². The lowest BCUT2D eigenvalue weighted by Gasteiger charge is -2.24. The number of para-hydroxylation sites is 2. The summed E-state index contributed by atoms with van der Waals surface area (Å²) >= 11 is 0. The zero-order valence-electron chi connectivity index (χ0n) is 17.6. The molecule has 0 bridgehead atoms. The average molecular weight is 439 g/mol. The largest absolute Gasteiger partial charge is 0.492 e. The number of rotatable bonds is 9. The number of ether oxygens (including phenoxy) is 1. The highest BCUT2D eigenvalue weighted by atomic mass is 32.2. The second kappa shape index (κ2) is 10.1. The molecule has 0 saturated carbocycles. The maximum absolute atomic E-state index is 13.4. The smallest absolute Gasteiger partial charge is 0.264 e. The van der Waals surface area contributed by atoms with Crippen LogP contribution in [0.5, 0.6) is 5.75 Å². The third-order valence-electron chi connectivity index (χ3n) is 4.71. The Morgan fingerprint density at radius 2 is 1.55 bits per heavy atom. The molecule has 3 aromatic carbocycles. The molecule has 0 fully saturated rings. The summed E-state index contributed by atoms with van der Waals surface area (Å²) in [5, 5.41) is 2.77. The summed E-state index contributed by atoms with van der Waals surface area (Å²) in [5.41, 5.74) is 2.00. The standard InChI is InChI=1S/C24H26N2O4S/c1-3-19-14-16-20(17-15-19)26(31(28,29)21-10-6-5-7-11-21)18-24(27)25-22-12-8-9-13-23(22)30-4-2/h5-17H,3-4,18H2,1-2H3,(H,25,27). The summed E-state index contributed by atoms with van der Waals surface area (Å²) in [6.45, 7) is 3.96. The first-order valence-corrected chi connectivity index (χ1v) is 11.6. The number of hydrogen-bond acceptors (Lipinski definition) is 4. The van der Waals surface area contributed by atoms with Crippen LogP contribution >= 0.6 is 0 Å². The molecule has 0 heterocycles. The Balaban J connectivity index is 1.92. The molecular formula is C24H26N2O4S. The van der Waals surface area contributed by atoms with Crippen molar-refractivity contribution in [2.75, 3.05) is 22.8 Å². The Morgan fingerprint density at radius 3 is 2.19 bits per heavy atom. The molecule has 1 amide bonds. The van der Waals surface area contributed by atoms with E-state index in [1.807, 2.05) is 32.0 Å². The minimum Gasteiger partial charge on any atom is -0.492 e. The van der Waals surface area contributed by atoms with E-state index < -0.39 is 15.9 Å². The van der Waals surface area contributed by atoms with Crippen LogP contribution in [0.1, 0.15) is 19.4 Å². The maximum Gasteiger partial charge on any atom is 0.264 e. The van der Waals surface area contributed by atoms with Gasteiger partial charge in [-0.15, -0.1) is 0 Å². The van der Waals surface area contributed by atoms with E-state index >= 15 is 0 Å². The van der Waals surface area contributed by atoms with E-state index in [2.05, 4.69) is 5.32 Å². The van der Waals surface area contributed by atoms with Gasteiger partial charge < -0.3 is 10.1 Å². The Morgan fingerprint density at radius 1 is 0.903 bits per heavy atom. The molecule has 7 heteroatoms. The van der Waals surface area contributed by atoms with E-state index in [1.165, 1.54) is 12.1 Å². The Hall–Kier alpha value is -3.32. The molecule has 0 spiro atoms. The number of carbonyl (C=O) groups is 1. The van der Waals surface area contributed by atoms with Crippen LogP contribution in [0.3, 0.4) is 0 Å². The van der Waals surface area contributed by atoms with E-state index in [-0.39, 0.29) is 11.4 Å². The van der Waals surface area contributed by atoms with E-state index in [9.17, 15) is 13.2 Å². The molecule has 3 aromatic rings. The second-order valence-electron chi connectivity index (χ2n) is 6.82. The predicted molar refractivity (Wildman–Crippen MR) is 123 cm³/mol. The minimum absolute atomic E-state index is 0.122. The van der Waals surface area contributed by atoms with E-state index in [0.717, 1.165) is 16.3 Å². The van der Waals surface area contributed by atoms with Gasteiger partial charge in [0.25, 0.3) is 10.0 Å². The van der Waals surface area contributed by atoms with Crippen molar-refractivity contribution in [1.29, 1.82) is 0 Å². The first-order chi connectivity index (χ1) is 15.0. The van der Waals surface area contributed by atoms with Crippen LogP contribution < -0.4 is 14.4 Å². The molecule has 1 N–H and O–H groups in total. The third-order valence-corrected chi connectivity index (χ3v) is 6.50. The summed E-state index contributed by atoms with van der Waals surface area (Å²) in [5.74, 6) is 0.0642. The zero-order valence-corrected chi connectivity index (χ0v) is 18.4. The summed E-state index contributed by atoms with van der Waals surface area (Å²) in [6.07, 6.45) is 0.834. The van der Waals surface area contributed by atoms with Gasteiger partial charge in [0.15, 0.2) is 0 Å². The highest BCUT2D eigenvalue weighted by Gasteiger charge is 2.27. The highest BCUT2D eigenvalue weighted by Crippen LogP contribution is 2.26. The number of anilines is 2. The lowest BCUT2D eigenvalue weighted by atomic mass is 10.1. The fourth-order valence-corrected chi connectivity index (χ4v) is 4.55. The number of hydrogen-bond donors (Lipinski definition) is 1. The fourth-order valence-electron chi connectivity index (χ4n) is 3.10. The summed E-state index contributed by atoms with van der Waals surface area (Å²) < 4.78 is 33.4. The molecule has 6 nitrogen and oxygen atoms in total. The Bertz CT molecular complexity index is 1110. The lowest BCUT2D eigenvalue weighted by Crippen LogP contribution is -2.38. The molecule has 0 atom stereocenters. The van der Waals surface area contributed by atoms with Crippen molar-refractivity contribution in [3.8, 4) is 5.75 Å². The van der Waals surface area contributed by atoms with Gasteiger partial charge in [-0.3, -0.25) is 9.10 Å². The zero-order chi connectivity index (χ0) is 22.3. The number of nitrogens with zero attached hydrogens (tertiary/aromatic N) is 1. The van der Waals surface area contributed by atoms with Crippen LogP contribution in [-0.2, 0) is 21.2 Å². The molecular weight excluding hydrogens is 412 g/mol. The fraction of sp³-hybridized carbons (Fsp3) is 0.208. The molecule has 0 unspecified atom stereocenters. The van der Waals surface area contributed by atoms with E-state index in [1.54, 1.807) is 48.5 Å². The molecule has 162 valence electrons. The van der Waals surface area contributed by atoms with E-state index in [4.69, 9.17) is 4.74 Å². The Kier molecular flexibility index (Phi) is 7.31. The molecule has 0 radical (unpaired) electrons. The normalized spacial score (nSPS) is 11.0. The molecule has 31 heavy (non-hydrogen) atoms. The molecule has 0 aliphatic carbocycles. The summed E-state index contributed by atoms with van der Waals surface area (Å²) in [7, 11) is -3.94. The van der Waals surface area contributed by atoms with Crippen molar-refractivity contribution >= 4 is 27.3 Å². The van der Waals surface area contributed by atoms with Gasteiger partial charge in [0.1, 0.15) is 12.3 Å². The summed E-state index contributed by atoms with van der Waals surface area (Å²) in [6, 6.07) is 22.3. The monoisotopic (exact) mass is 438 g/mol. The summed E-state index contributed by atoms with van der Waals surface area (Å²) in [4.78, 5) is 13.0. The van der Waals surface area contributed by atoms with Crippen molar-refractivity contribution in [3.63, 3.8) is 0 Å². The second-order valence-corrected chi connectivity index (χ2v) is 8.68. The number of nitrogens with one attached hydrogen (secondary N) is 1. The SMILES string of the molecule is CCOc1ccccc1NC(=O)CN(c1ccc(CC)cc1)S(=O)(=O)c1ccccc1. The molecule has 0 aliphatic rings. The van der Waals surface area contributed by atoms with Gasteiger partial charge in [0, 0.05) is 0 Å². The lowest BCUT2D eigenvalue weighted by molar-refractivity contribution is -0.114. The van der Waals surface area contributed by atoms with Gasteiger partial charge in [-0.25, -0.2) is 8.42 Å². The van der Waals surface area contributed by atoms with Gasteiger partial charge in [-0.05, 0) is 55.3 Å². The van der Waals surface area contributed by atoms with E-state index in [0.29, 0.717) is 23.7 Å². The first kappa shape index (κ1) is 22.4. The molecule has 3 rings (SSSR count). The van der Waals surface area contributed by atoms with Gasteiger partial charge in [0.2, 0.25) is 5.91 Å². The Labute approximate surface area is 183 Å². The number of carbonyl (C=O) groups excluding carboxylic acids is 1. The first-order valence-electron chi connectivity index (χ1n) is 10.1. The predicted octanol–water partition coefficient (Wildman–Crippen LogP) is 4.48. The number of benzene rings is 3. The van der Waals surface area contributed by atoms with Gasteiger partial charge in [-0.1, -0.05) is 49.4 Å².